The molecule has 0 aliphatic heterocycles. The molecular weight excluding hydrogens is 208 g/mol. The lowest BCUT2D eigenvalue weighted by atomic mass is 9.90. The number of aliphatic hydroxyl groups excluding tert-OH is 1. The Morgan fingerprint density at radius 3 is 2.60 bits per heavy atom. The second kappa shape index (κ2) is 5.10. The van der Waals surface area contributed by atoms with Crippen LogP contribution in [-0.2, 0) is 4.74 Å². The molecule has 0 amide bonds. The summed E-state index contributed by atoms with van der Waals surface area (Å²) in [7, 11) is 0. The molecule has 2 nitrogen and oxygen atoms in total. The van der Waals surface area contributed by atoms with Crippen LogP contribution in [0.4, 0.5) is 0 Å². The van der Waals surface area contributed by atoms with Gasteiger partial charge in [0.05, 0.1) is 5.60 Å². The van der Waals surface area contributed by atoms with Crippen LogP contribution in [0.15, 0.2) is 11.4 Å². The molecule has 1 heterocycles. The molecule has 3 heteroatoms. The van der Waals surface area contributed by atoms with Gasteiger partial charge in [0.1, 0.15) is 6.10 Å². The third-order valence-electron chi connectivity index (χ3n) is 2.95. The predicted molar refractivity (Wildman–Crippen MR) is 64.3 cm³/mol. The van der Waals surface area contributed by atoms with E-state index in [-0.39, 0.29) is 0 Å². The minimum Gasteiger partial charge on any atom is -0.385 e. The number of hydrogen-bond acceptors (Lipinski definition) is 3. The van der Waals surface area contributed by atoms with Gasteiger partial charge in [-0.05, 0) is 44.2 Å². The van der Waals surface area contributed by atoms with Gasteiger partial charge in [-0.2, -0.15) is 0 Å². The van der Waals surface area contributed by atoms with Gasteiger partial charge in [0, 0.05) is 11.5 Å². The van der Waals surface area contributed by atoms with E-state index in [9.17, 15) is 5.11 Å². The molecule has 2 unspecified atom stereocenters. The molecule has 0 radical (unpaired) electrons. The maximum Gasteiger partial charge on any atom is 0.109 e. The van der Waals surface area contributed by atoms with Crippen molar-refractivity contribution >= 4 is 11.3 Å². The molecule has 86 valence electrons. The first-order chi connectivity index (χ1) is 7.05. The van der Waals surface area contributed by atoms with Gasteiger partial charge in [-0.15, -0.1) is 11.3 Å². The number of aryl methyl sites for hydroxylation is 1. The Balaban J connectivity index is 2.91. The molecule has 1 rings (SSSR count). The largest absolute Gasteiger partial charge is 0.385 e. The maximum atomic E-state index is 10.3. The predicted octanol–water partition coefficient (Wildman–Crippen LogP) is 3.30. The van der Waals surface area contributed by atoms with Gasteiger partial charge in [-0.1, -0.05) is 6.92 Å². The molecule has 1 N–H and O–H groups in total. The van der Waals surface area contributed by atoms with Gasteiger partial charge in [-0.25, -0.2) is 0 Å². The van der Waals surface area contributed by atoms with Gasteiger partial charge in [0.2, 0.25) is 0 Å². The lowest BCUT2D eigenvalue weighted by Crippen LogP contribution is -2.35. The van der Waals surface area contributed by atoms with Crippen LogP contribution >= 0.6 is 11.3 Å². The van der Waals surface area contributed by atoms with Crippen molar-refractivity contribution in [3.8, 4) is 0 Å². The van der Waals surface area contributed by atoms with Crippen LogP contribution < -0.4 is 0 Å². The van der Waals surface area contributed by atoms with Crippen LogP contribution in [0.5, 0.6) is 0 Å². The average molecular weight is 228 g/mol. The topological polar surface area (TPSA) is 29.5 Å². The zero-order valence-electron chi connectivity index (χ0n) is 9.91. The summed E-state index contributed by atoms with van der Waals surface area (Å²) < 4.78 is 5.67. The van der Waals surface area contributed by atoms with Gasteiger partial charge in [0.25, 0.3) is 0 Å². The number of ether oxygens (including phenoxy) is 1. The van der Waals surface area contributed by atoms with Crippen LogP contribution in [-0.4, -0.2) is 17.3 Å². The van der Waals surface area contributed by atoms with Crippen molar-refractivity contribution in [2.75, 3.05) is 6.61 Å². The first kappa shape index (κ1) is 12.7. The quantitative estimate of drug-likeness (QED) is 0.838. The van der Waals surface area contributed by atoms with Crippen molar-refractivity contribution in [2.45, 2.75) is 45.8 Å². The number of aliphatic hydroxyl groups is 1. The van der Waals surface area contributed by atoms with E-state index in [1.807, 2.05) is 39.1 Å². The second-order valence-electron chi connectivity index (χ2n) is 3.93. The molecule has 0 aromatic carbocycles. The van der Waals surface area contributed by atoms with Crippen molar-refractivity contribution in [1.82, 2.24) is 0 Å². The Bertz CT molecular complexity index is 308. The van der Waals surface area contributed by atoms with E-state index >= 15 is 0 Å². The lowest BCUT2D eigenvalue weighted by molar-refractivity contribution is -0.113. The summed E-state index contributed by atoms with van der Waals surface area (Å²) in [5.41, 5.74) is 0.526. The Kier molecular flexibility index (Phi) is 4.32. The van der Waals surface area contributed by atoms with Crippen LogP contribution in [0.3, 0.4) is 0 Å². The third-order valence-corrected chi connectivity index (χ3v) is 3.81. The Hall–Kier alpha value is -0.380. The van der Waals surface area contributed by atoms with E-state index in [4.69, 9.17) is 4.74 Å². The number of thiophene rings is 1. The molecule has 0 saturated carbocycles. The van der Waals surface area contributed by atoms with Crippen molar-refractivity contribution < 1.29 is 9.84 Å². The monoisotopic (exact) mass is 228 g/mol. The molecule has 0 aliphatic carbocycles. The van der Waals surface area contributed by atoms with Crippen LogP contribution in [0, 0.1) is 6.92 Å². The van der Waals surface area contributed by atoms with Gasteiger partial charge in [0.15, 0.2) is 0 Å². The molecule has 2 atom stereocenters. The van der Waals surface area contributed by atoms with Crippen LogP contribution in [0.1, 0.15) is 43.7 Å². The lowest BCUT2D eigenvalue weighted by Gasteiger charge is -2.33. The molecular formula is C12H20O2S. The maximum absolute atomic E-state index is 10.3. The molecule has 15 heavy (non-hydrogen) atoms. The van der Waals surface area contributed by atoms with E-state index in [2.05, 4.69) is 0 Å². The molecule has 0 bridgehead atoms. The fourth-order valence-corrected chi connectivity index (χ4v) is 2.45. The molecule has 0 spiro atoms. The Morgan fingerprint density at radius 1 is 1.53 bits per heavy atom. The highest BCUT2D eigenvalue weighted by molar-refractivity contribution is 7.10. The van der Waals surface area contributed by atoms with Crippen molar-refractivity contribution in [3.63, 3.8) is 0 Å². The van der Waals surface area contributed by atoms with Crippen molar-refractivity contribution in [2.24, 2.45) is 0 Å². The summed E-state index contributed by atoms with van der Waals surface area (Å²) in [5.74, 6) is 0. The molecule has 0 aliphatic rings. The third kappa shape index (κ3) is 2.60. The molecule has 0 saturated heterocycles. The zero-order valence-corrected chi connectivity index (χ0v) is 10.7. The van der Waals surface area contributed by atoms with Crippen molar-refractivity contribution in [3.05, 3.63) is 21.9 Å². The van der Waals surface area contributed by atoms with E-state index in [1.165, 1.54) is 4.88 Å². The van der Waals surface area contributed by atoms with Crippen LogP contribution in [0.25, 0.3) is 0 Å². The van der Waals surface area contributed by atoms with E-state index in [0.29, 0.717) is 6.61 Å². The minimum absolute atomic E-state index is 0.472. The Labute approximate surface area is 95.9 Å². The zero-order chi connectivity index (χ0) is 11.5. The van der Waals surface area contributed by atoms with Gasteiger partial charge < -0.3 is 9.84 Å². The van der Waals surface area contributed by atoms with Crippen LogP contribution in [0.2, 0.25) is 0 Å². The molecule has 1 aromatic rings. The fraction of sp³-hybridized carbons (Fsp3) is 0.667. The average Bonchev–Trinajstić information content (AvgIpc) is 2.63. The van der Waals surface area contributed by atoms with E-state index in [1.54, 1.807) is 11.3 Å². The van der Waals surface area contributed by atoms with E-state index in [0.717, 1.165) is 12.0 Å². The number of rotatable bonds is 5. The summed E-state index contributed by atoms with van der Waals surface area (Å²) in [6.45, 7) is 8.63. The van der Waals surface area contributed by atoms with E-state index < -0.39 is 11.7 Å². The highest BCUT2D eigenvalue weighted by atomic mass is 32.1. The summed E-state index contributed by atoms with van der Waals surface area (Å²) in [6.07, 6.45) is 0.269. The summed E-state index contributed by atoms with van der Waals surface area (Å²) in [5, 5.41) is 12.3. The summed E-state index contributed by atoms with van der Waals surface area (Å²) in [6, 6.07) is 1.98. The smallest absolute Gasteiger partial charge is 0.109 e. The number of hydrogen-bond donors (Lipinski definition) is 1. The Morgan fingerprint density at radius 2 is 2.20 bits per heavy atom. The SMILES string of the molecule is CCOC(C)(CC)C(O)c1ccsc1C. The highest BCUT2D eigenvalue weighted by Crippen LogP contribution is 2.35. The minimum atomic E-state index is -0.534. The molecule has 0 fully saturated rings. The van der Waals surface area contributed by atoms with Gasteiger partial charge in [-0.3, -0.25) is 0 Å². The first-order valence-corrected chi connectivity index (χ1v) is 6.29. The standard InChI is InChI=1S/C12H20O2S/c1-5-12(4,14-6-2)11(13)10-7-8-15-9(10)3/h7-8,11,13H,5-6H2,1-4H3. The normalized spacial score (nSPS) is 17.4. The second-order valence-corrected chi connectivity index (χ2v) is 5.05. The highest BCUT2D eigenvalue weighted by Gasteiger charge is 2.34. The fourth-order valence-electron chi connectivity index (χ4n) is 1.71. The van der Waals surface area contributed by atoms with Gasteiger partial charge >= 0.3 is 0 Å². The summed E-state index contributed by atoms with van der Waals surface area (Å²) >= 11 is 1.66. The first-order valence-electron chi connectivity index (χ1n) is 5.41. The summed E-state index contributed by atoms with van der Waals surface area (Å²) in [4.78, 5) is 1.17. The van der Waals surface area contributed by atoms with Crippen molar-refractivity contribution in [1.29, 1.82) is 0 Å². The molecule has 1 aromatic heterocycles.